The molecule has 0 saturated carbocycles. The van der Waals surface area contributed by atoms with Crippen LogP contribution >= 0.6 is 15.9 Å². The van der Waals surface area contributed by atoms with Crippen molar-refractivity contribution in [2.75, 3.05) is 6.61 Å². The topological polar surface area (TPSA) is 65.7 Å². The largest absolute Gasteiger partial charge is 0.490 e. The molecule has 1 heterocycles. The average molecular weight is 560 g/mol. The summed E-state index contributed by atoms with van der Waals surface area (Å²) in [7, 11) is 0. The quantitative estimate of drug-likeness (QED) is 0.162. The zero-order chi connectivity index (χ0) is 26.4. The van der Waals surface area contributed by atoms with Gasteiger partial charge < -0.3 is 9.47 Å². The van der Waals surface area contributed by atoms with Crippen LogP contribution in [0.3, 0.4) is 0 Å². The Morgan fingerprint density at radius 3 is 2.57 bits per heavy atom. The zero-order valence-electron chi connectivity index (χ0n) is 21.3. The Kier molecular flexibility index (Phi) is 8.56. The first-order valence-electron chi connectivity index (χ1n) is 12.3. The molecule has 4 rings (SSSR count). The highest BCUT2D eigenvalue weighted by molar-refractivity contribution is 9.10. The van der Waals surface area contributed by atoms with Crippen molar-refractivity contribution in [3.63, 3.8) is 0 Å². The fourth-order valence-electron chi connectivity index (χ4n) is 4.00. The fraction of sp³-hybridized carbons (Fsp3) is 0.233. The Morgan fingerprint density at radius 2 is 1.86 bits per heavy atom. The smallest absolute Gasteiger partial charge is 0.282 e. The number of hydrogen-bond donors (Lipinski definition) is 0. The van der Waals surface area contributed by atoms with Crippen LogP contribution in [0.25, 0.3) is 10.9 Å². The third-order valence-corrected chi connectivity index (χ3v) is 6.33. The summed E-state index contributed by atoms with van der Waals surface area (Å²) in [5, 5.41) is 5.05. The molecule has 0 N–H and O–H groups in total. The molecule has 0 aliphatic heterocycles. The average Bonchev–Trinajstić information content (AvgIpc) is 2.89. The molecule has 1 aromatic heterocycles. The van der Waals surface area contributed by atoms with Crippen LogP contribution in [0.15, 0.2) is 81.6 Å². The van der Waals surface area contributed by atoms with Crippen molar-refractivity contribution in [1.29, 1.82) is 0 Å². The maximum atomic E-state index is 13.2. The Hall–Kier alpha value is -3.71. The van der Waals surface area contributed by atoms with Gasteiger partial charge in [0.15, 0.2) is 11.5 Å². The number of aromatic nitrogens is 2. The van der Waals surface area contributed by atoms with E-state index >= 15 is 0 Å². The van der Waals surface area contributed by atoms with Gasteiger partial charge >= 0.3 is 0 Å². The Balaban J connectivity index is 1.73. The van der Waals surface area contributed by atoms with E-state index in [1.165, 1.54) is 10.2 Å². The van der Waals surface area contributed by atoms with E-state index in [0.717, 1.165) is 21.2 Å². The van der Waals surface area contributed by atoms with Gasteiger partial charge in [-0.3, -0.25) is 4.79 Å². The van der Waals surface area contributed by atoms with Crippen LogP contribution in [0.5, 0.6) is 11.5 Å². The van der Waals surface area contributed by atoms with Crippen molar-refractivity contribution >= 4 is 33.0 Å². The monoisotopic (exact) mass is 559 g/mol. The number of hydrogen-bond acceptors (Lipinski definition) is 5. The van der Waals surface area contributed by atoms with E-state index in [2.05, 4.69) is 63.8 Å². The van der Waals surface area contributed by atoms with Crippen molar-refractivity contribution in [3.8, 4) is 11.5 Å². The molecular formula is C30H30BrN3O3. The Morgan fingerprint density at radius 1 is 1.08 bits per heavy atom. The summed E-state index contributed by atoms with van der Waals surface area (Å²) in [6.07, 6.45) is 4.65. The van der Waals surface area contributed by atoms with E-state index in [-0.39, 0.29) is 5.56 Å². The van der Waals surface area contributed by atoms with Gasteiger partial charge in [0.2, 0.25) is 0 Å². The van der Waals surface area contributed by atoms with Gasteiger partial charge in [0.1, 0.15) is 12.4 Å². The minimum atomic E-state index is -0.214. The number of halogens is 1. The first-order chi connectivity index (χ1) is 17.9. The maximum Gasteiger partial charge on any atom is 0.282 e. The Labute approximate surface area is 225 Å². The second-order valence-electron chi connectivity index (χ2n) is 8.61. The molecule has 0 bridgehead atoms. The van der Waals surface area contributed by atoms with Crippen molar-refractivity contribution < 1.29 is 9.47 Å². The van der Waals surface area contributed by atoms with E-state index in [1.807, 2.05) is 44.2 Å². The van der Waals surface area contributed by atoms with E-state index in [4.69, 9.17) is 9.47 Å². The van der Waals surface area contributed by atoms with E-state index in [0.29, 0.717) is 54.3 Å². The number of rotatable bonds is 10. The number of aryl methyl sites for hydroxylation is 2. The Bertz CT molecular complexity index is 1510. The SMILES string of the molecule is C=CCc1cc(C=Nn2c(CC)nc3ccc(Br)cc3c2=O)cc(OCC)c1OCc1ccc(C)cc1. The molecule has 6 nitrogen and oxygen atoms in total. The fourth-order valence-corrected chi connectivity index (χ4v) is 4.36. The van der Waals surface area contributed by atoms with Crippen LogP contribution in [0.4, 0.5) is 0 Å². The number of benzene rings is 3. The summed E-state index contributed by atoms with van der Waals surface area (Å²) in [6, 6.07) is 17.6. The minimum absolute atomic E-state index is 0.214. The highest BCUT2D eigenvalue weighted by Crippen LogP contribution is 2.34. The first-order valence-corrected chi connectivity index (χ1v) is 13.1. The van der Waals surface area contributed by atoms with Crippen molar-refractivity contribution in [1.82, 2.24) is 9.66 Å². The lowest BCUT2D eigenvalue weighted by atomic mass is 10.1. The summed E-state index contributed by atoms with van der Waals surface area (Å²) >= 11 is 3.44. The molecular weight excluding hydrogens is 530 g/mol. The molecule has 3 aromatic carbocycles. The first kappa shape index (κ1) is 26.4. The van der Waals surface area contributed by atoms with E-state index in [1.54, 1.807) is 12.3 Å². The van der Waals surface area contributed by atoms with Crippen LogP contribution < -0.4 is 15.0 Å². The summed E-state index contributed by atoms with van der Waals surface area (Å²) in [5.74, 6) is 1.90. The molecule has 190 valence electrons. The van der Waals surface area contributed by atoms with Crippen molar-refractivity contribution in [2.45, 2.75) is 40.2 Å². The van der Waals surface area contributed by atoms with Gasteiger partial charge in [-0.25, -0.2) is 4.98 Å². The van der Waals surface area contributed by atoms with Crippen LogP contribution in [-0.2, 0) is 19.4 Å². The minimum Gasteiger partial charge on any atom is -0.490 e. The molecule has 0 spiro atoms. The lowest BCUT2D eigenvalue weighted by Gasteiger charge is -2.17. The molecule has 4 aromatic rings. The number of fused-ring (bicyclic) bond motifs is 1. The molecule has 0 amide bonds. The van der Waals surface area contributed by atoms with Crippen LogP contribution in [0, 0.1) is 6.92 Å². The van der Waals surface area contributed by atoms with Gasteiger partial charge in [-0.05, 0) is 61.7 Å². The molecule has 0 fully saturated rings. The molecule has 0 saturated heterocycles. The van der Waals surface area contributed by atoms with Crippen LogP contribution in [0.1, 0.15) is 41.9 Å². The standard InChI is InChI=1S/C30H30BrN3O3/c1-5-8-23-15-22(16-27(36-7-3)29(23)37-19-21-11-9-20(4)10-12-21)18-32-34-28(6-2)33-26-14-13-24(31)17-25(26)30(34)35/h5,9-18H,1,6-8,19H2,2-4H3. The third-order valence-electron chi connectivity index (χ3n) is 5.84. The lowest BCUT2D eigenvalue weighted by Crippen LogP contribution is -2.22. The number of nitrogens with zero attached hydrogens (tertiary/aromatic N) is 3. The maximum absolute atomic E-state index is 13.2. The van der Waals surface area contributed by atoms with E-state index in [9.17, 15) is 4.79 Å². The normalized spacial score (nSPS) is 11.2. The highest BCUT2D eigenvalue weighted by atomic mass is 79.9. The molecule has 0 atom stereocenters. The number of ether oxygens (including phenoxy) is 2. The van der Waals surface area contributed by atoms with Gasteiger partial charge in [-0.2, -0.15) is 9.78 Å². The van der Waals surface area contributed by atoms with Gasteiger partial charge in [0, 0.05) is 16.5 Å². The predicted octanol–water partition coefficient (Wildman–Crippen LogP) is 6.62. The van der Waals surface area contributed by atoms with Crippen LogP contribution in [0.2, 0.25) is 0 Å². The van der Waals surface area contributed by atoms with Gasteiger partial charge in [-0.1, -0.05) is 58.8 Å². The lowest BCUT2D eigenvalue weighted by molar-refractivity contribution is 0.267. The predicted molar refractivity (Wildman–Crippen MR) is 153 cm³/mol. The highest BCUT2D eigenvalue weighted by Gasteiger charge is 2.14. The van der Waals surface area contributed by atoms with Crippen LogP contribution in [-0.4, -0.2) is 22.5 Å². The van der Waals surface area contributed by atoms with Gasteiger partial charge in [0.05, 0.1) is 23.7 Å². The zero-order valence-corrected chi connectivity index (χ0v) is 22.9. The van der Waals surface area contributed by atoms with Crippen molar-refractivity contribution in [2.24, 2.45) is 5.10 Å². The summed E-state index contributed by atoms with van der Waals surface area (Å²) in [5.41, 5.74) is 4.43. The van der Waals surface area contributed by atoms with Gasteiger partial charge in [0.25, 0.3) is 5.56 Å². The molecule has 0 aliphatic rings. The summed E-state index contributed by atoms with van der Waals surface area (Å²) in [6.45, 7) is 10.8. The molecule has 0 aliphatic carbocycles. The number of allylic oxidation sites excluding steroid dienone is 1. The second kappa shape index (κ2) is 12.0. The molecule has 37 heavy (non-hydrogen) atoms. The summed E-state index contributed by atoms with van der Waals surface area (Å²) < 4.78 is 14.4. The second-order valence-corrected chi connectivity index (χ2v) is 9.53. The van der Waals surface area contributed by atoms with Gasteiger partial charge in [-0.15, -0.1) is 6.58 Å². The molecule has 7 heteroatoms. The third kappa shape index (κ3) is 6.17. The molecule has 0 radical (unpaired) electrons. The van der Waals surface area contributed by atoms with E-state index < -0.39 is 0 Å². The van der Waals surface area contributed by atoms with Crippen molar-refractivity contribution in [3.05, 3.63) is 110 Å². The molecule has 0 unspecified atom stereocenters. The summed E-state index contributed by atoms with van der Waals surface area (Å²) in [4.78, 5) is 17.9.